The molecule has 4 nitrogen and oxygen atoms in total. The highest BCUT2D eigenvalue weighted by molar-refractivity contribution is 5.81. The maximum absolute atomic E-state index is 12.0. The van der Waals surface area contributed by atoms with E-state index in [1.54, 1.807) is 0 Å². The van der Waals surface area contributed by atoms with Crippen LogP contribution in [0.2, 0.25) is 0 Å². The lowest BCUT2D eigenvalue weighted by molar-refractivity contribution is -0.120. The summed E-state index contributed by atoms with van der Waals surface area (Å²) in [6.45, 7) is 7.59. The minimum atomic E-state index is 0.0757. The van der Waals surface area contributed by atoms with Gasteiger partial charge in [-0.1, -0.05) is 18.2 Å². The van der Waals surface area contributed by atoms with Crippen LogP contribution in [0.5, 0.6) is 0 Å². The summed E-state index contributed by atoms with van der Waals surface area (Å²) >= 11 is 0. The summed E-state index contributed by atoms with van der Waals surface area (Å²) in [5.41, 5.74) is 3.42. The van der Waals surface area contributed by atoms with E-state index in [1.165, 1.54) is 11.1 Å². The van der Waals surface area contributed by atoms with E-state index in [0.717, 1.165) is 25.1 Å². The van der Waals surface area contributed by atoms with Crippen molar-refractivity contribution in [2.24, 2.45) is 0 Å². The van der Waals surface area contributed by atoms with Gasteiger partial charge in [-0.2, -0.15) is 0 Å². The highest BCUT2D eigenvalue weighted by Crippen LogP contribution is 2.18. The van der Waals surface area contributed by atoms with Gasteiger partial charge in [-0.05, 0) is 51.3 Å². The first-order valence-electron chi connectivity index (χ1n) is 7.39. The van der Waals surface area contributed by atoms with Crippen LogP contribution in [0, 0.1) is 13.8 Å². The summed E-state index contributed by atoms with van der Waals surface area (Å²) in [5.74, 6) is 0.0757. The van der Waals surface area contributed by atoms with Crippen LogP contribution in [0.1, 0.15) is 30.9 Å². The molecule has 1 aromatic rings. The zero-order chi connectivity index (χ0) is 14.5. The third-order valence-corrected chi connectivity index (χ3v) is 3.90. The van der Waals surface area contributed by atoms with Crippen molar-refractivity contribution in [1.29, 1.82) is 0 Å². The number of carbonyl (C=O) groups is 1. The van der Waals surface area contributed by atoms with Crippen molar-refractivity contribution in [2.45, 2.75) is 45.7 Å². The topological polar surface area (TPSA) is 53.2 Å². The Labute approximate surface area is 121 Å². The first-order valence-corrected chi connectivity index (χ1v) is 7.39. The van der Waals surface area contributed by atoms with E-state index in [2.05, 4.69) is 48.9 Å². The summed E-state index contributed by atoms with van der Waals surface area (Å²) in [5, 5.41) is 9.76. The molecule has 0 aliphatic carbocycles. The highest BCUT2D eigenvalue weighted by atomic mass is 16.1. The first kappa shape index (κ1) is 14.9. The van der Waals surface area contributed by atoms with Gasteiger partial charge in [0.05, 0.1) is 6.54 Å². The molecule has 4 heteroatoms. The molecule has 1 heterocycles. The van der Waals surface area contributed by atoms with Crippen molar-refractivity contribution in [2.75, 3.05) is 18.4 Å². The van der Waals surface area contributed by atoms with E-state index >= 15 is 0 Å². The molecule has 0 spiro atoms. The molecule has 0 aromatic heterocycles. The molecule has 0 saturated carbocycles. The Bertz CT molecular complexity index is 453. The zero-order valence-electron chi connectivity index (χ0n) is 12.6. The molecule has 2 atom stereocenters. The van der Waals surface area contributed by atoms with E-state index in [9.17, 15) is 4.79 Å². The second kappa shape index (κ2) is 6.75. The van der Waals surface area contributed by atoms with Gasteiger partial charge in [0.25, 0.3) is 0 Å². The van der Waals surface area contributed by atoms with Crippen LogP contribution >= 0.6 is 0 Å². The molecule has 1 aliphatic heterocycles. The summed E-state index contributed by atoms with van der Waals surface area (Å²) in [7, 11) is 0. The maximum atomic E-state index is 12.0. The van der Waals surface area contributed by atoms with Gasteiger partial charge in [0.1, 0.15) is 0 Å². The number of amides is 1. The number of aryl methyl sites for hydroxylation is 2. The van der Waals surface area contributed by atoms with Crippen LogP contribution in [0.25, 0.3) is 0 Å². The van der Waals surface area contributed by atoms with E-state index in [-0.39, 0.29) is 5.91 Å². The van der Waals surface area contributed by atoms with Crippen molar-refractivity contribution in [3.05, 3.63) is 29.3 Å². The second-order valence-corrected chi connectivity index (χ2v) is 5.76. The van der Waals surface area contributed by atoms with Crippen molar-refractivity contribution in [3.8, 4) is 0 Å². The Morgan fingerprint density at radius 3 is 2.70 bits per heavy atom. The van der Waals surface area contributed by atoms with Gasteiger partial charge in [0, 0.05) is 17.8 Å². The van der Waals surface area contributed by atoms with Crippen molar-refractivity contribution in [1.82, 2.24) is 10.6 Å². The van der Waals surface area contributed by atoms with Crippen molar-refractivity contribution in [3.63, 3.8) is 0 Å². The zero-order valence-corrected chi connectivity index (χ0v) is 12.6. The number of anilines is 1. The SMILES string of the molecule is Cc1cccc(C)c1NCC(=O)NC1CCNC(C)C1. The minimum Gasteiger partial charge on any atom is -0.376 e. The molecule has 0 radical (unpaired) electrons. The molecule has 1 amide bonds. The molecule has 1 aliphatic rings. The Kier molecular flexibility index (Phi) is 5.01. The summed E-state index contributed by atoms with van der Waals surface area (Å²) in [6, 6.07) is 6.94. The van der Waals surface area contributed by atoms with Crippen LogP contribution in [0.3, 0.4) is 0 Å². The predicted octanol–water partition coefficient (Wildman–Crippen LogP) is 1.97. The van der Waals surface area contributed by atoms with Gasteiger partial charge < -0.3 is 16.0 Å². The molecule has 3 N–H and O–H groups in total. The van der Waals surface area contributed by atoms with Gasteiger partial charge in [0.15, 0.2) is 0 Å². The Morgan fingerprint density at radius 2 is 2.05 bits per heavy atom. The number of carbonyl (C=O) groups excluding carboxylic acids is 1. The van der Waals surface area contributed by atoms with E-state index < -0.39 is 0 Å². The number of benzene rings is 1. The summed E-state index contributed by atoms with van der Waals surface area (Å²) < 4.78 is 0. The van der Waals surface area contributed by atoms with E-state index in [4.69, 9.17) is 0 Å². The van der Waals surface area contributed by atoms with Gasteiger partial charge >= 0.3 is 0 Å². The smallest absolute Gasteiger partial charge is 0.239 e. The molecule has 20 heavy (non-hydrogen) atoms. The second-order valence-electron chi connectivity index (χ2n) is 5.76. The Balaban J connectivity index is 1.83. The number of hydrogen-bond acceptors (Lipinski definition) is 3. The van der Waals surface area contributed by atoms with Gasteiger partial charge in [-0.25, -0.2) is 0 Å². The third kappa shape index (κ3) is 3.97. The fourth-order valence-corrected chi connectivity index (χ4v) is 2.80. The number of para-hydroxylation sites is 1. The summed E-state index contributed by atoms with van der Waals surface area (Å²) in [4.78, 5) is 12.0. The number of rotatable bonds is 4. The standard InChI is InChI=1S/C16H25N3O/c1-11-5-4-6-12(2)16(11)18-10-15(20)19-14-7-8-17-13(3)9-14/h4-6,13-14,17-18H,7-10H2,1-3H3,(H,19,20). The maximum Gasteiger partial charge on any atom is 0.239 e. The average Bonchev–Trinajstić information content (AvgIpc) is 2.38. The monoisotopic (exact) mass is 275 g/mol. The van der Waals surface area contributed by atoms with E-state index in [1.807, 2.05) is 6.07 Å². The molecule has 2 unspecified atom stereocenters. The fourth-order valence-electron chi connectivity index (χ4n) is 2.80. The Morgan fingerprint density at radius 1 is 1.35 bits per heavy atom. The van der Waals surface area contributed by atoms with Crippen LogP contribution in [0.4, 0.5) is 5.69 Å². The minimum absolute atomic E-state index is 0.0757. The Hall–Kier alpha value is -1.55. The number of piperidine rings is 1. The molecular weight excluding hydrogens is 250 g/mol. The van der Waals surface area contributed by atoms with E-state index in [0.29, 0.717) is 18.6 Å². The van der Waals surface area contributed by atoms with Gasteiger partial charge in [-0.3, -0.25) is 4.79 Å². The van der Waals surface area contributed by atoms with Gasteiger partial charge in [-0.15, -0.1) is 0 Å². The molecule has 1 fully saturated rings. The molecule has 1 saturated heterocycles. The predicted molar refractivity (Wildman–Crippen MR) is 83.0 cm³/mol. The van der Waals surface area contributed by atoms with Crippen molar-refractivity contribution >= 4 is 11.6 Å². The molecule has 110 valence electrons. The summed E-state index contributed by atoms with van der Waals surface area (Å²) in [6.07, 6.45) is 2.02. The normalized spacial score (nSPS) is 22.4. The lowest BCUT2D eigenvalue weighted by Gasteiger charge is -2.28. The van der Waals surface area contributed by atoms with Crippen LogP contribution in [0.15, 0.2) is 18.2 Å². The van der Waals surface area contributed by atoms with Crippen LogP contribution in [-0.4, -0.2) is 31.1 Å². The highest BCUT2D eigenvalue weighted by Gasteiger charge is 2.19. The first-order chi connectivity index (χ1) is 9.56. The lowest BCUT2D eigenvalue weighted by atomic mass is 10.0. The molecule has 1 aromatic carbocycles. The molecule has 2 rings (SSSR count). The number of nitrogens with one attached hydrogen (secondary N) is 3. The quantitative estimate of drug-likeness (QED) is 0.787. The van der Waals surface area contributed by atoms with Crippen molar-refractivity contribution < 1.29 is 4.79 Å². The largest absolute Gasteiger partial charge is 0.376 e. The van der Waals surface area contributed by atoms with Crippen LogP contribution < -0.4 is 16.0 Å². The molecular formula is C16H25N3O. The lowest BCUT2D eigenvalue weighted by Crippen LogP contribution is -2.47. The fraction of sp³-hybridized carbons (Fsp3) is 0.562. The third-order valence-electron chi connectivity index (χ3n) is 3.90. The van der Waals surface area contributed by atoms with Crippen LogP contribution in [-0.2, 0) is 4.79 Å². The average molecular weight is 275 g/mol. The number of hydrogen-bond donors (Lipinski definition) is 3. The molecule has 0 bridgehead atoms. The van der Waals surface area contributed by atoms with Gasteiger partial charge in [0.2, 0.25) is 5.91 Å².